The molecule has 0 spiro atoms. The molecule has 0 heterocycles. The first kappa shape index (κ1) is 19.3. The fraction of sp³-hybridized carbons (Fsp3) is 1.00. The second kappa shape index (κ2) is 10.1. The van der Waals surface area contributed by atoms with Gasteiger partial charge in [0.25, 0.3) is 0 Å². The van der Waals surface area contributed by atoms with Crippen molar-refractivity contribution in [3.8, 4) is 0 Å². The molecule has 116 valence electrons. The van der Waals surface area contributed by atoms with E-state index in [2.05, 4.69) is 13.8 Å². The van der Waals surface area contributed by atoms with Crippen LogP contribution in [0.4, 0.5) is 0 Å². The molecule has 0 amide bonds. The van der Waals surface area contributed by atoms with Gasteiger partial charge in [0.2, 0.25) is 0 Å². The lowest BCUT2D eigenvalue weighted by Crippen LogP contribution is -2.54. The molecule has 6 heteroatoms. The van der Waals surface area contributed by atoms with Crippen molar-refractivity contribution in [2.24, 2.45) is 0 Å². The minimum Gasteiger partial charge on any atom is -0.395 e. The molecule has 0 rings (SSSR count). The van der Waals surface area contributed by atoms with Crippen LogP contribution in [0.25, 0.3) is 0 Å². The van der Waals surface area contributed by atoms with E-state index in [0.29, 0.717) is 26.4 Å². The lowest BCUT2D eigenvalue weighted by molar-refractivity contribution is 0.163. The average molecular weight is 309 g/mol. The van der Waals surface area contributed by atoms with E-state index < -0.39 is 17.1 Å². The van der Waals surface area contributed by atoms with E-state index in [9.17, 15) is 0 Å². The van der Waals surface area contributed by atoms with Gasteiger partial charge in [0.15, 0.2) is 0 Å². The van der Waals surface area contributed by atoms with Gasteiger partial charge < -0.3 is 17.7 Å². The highest BCUT2D eigenvalue weighted by atomic mass is 28.4. The summed E-state index contributed by atoms with van der Waals surface area (Å²) in [6.07, 6.45) is 0. The van der Waals surface area contributed by atoms with Gasteiger partial charge in [-0.3, -0.25) is 0 Å². The highest BCUT2D eigenvalue weighted by Crippen LogP contribution is 2.30. The quantitative estimate of drug-likeness (QED) is 0.516. The van der Waals surface area contributed by atoms with Gasteiger partial charge in [0.05, 0.1) is 0 Å². The van der Waals surface area contributed by atoms with Gasteiger partial charge >= 0.3 is 17.1 Å². The van der Waals surface area contributed by atoms with Crippen molar-refractivity contribution in [1.82, 2.24) is 0 Å². The molecule has 0 aromatic rings. The molecule has 0 aliphatic rings. The molecule has 0 aliphatic heterocycles. The molecule has 0 bridgehead atoms. The second-order valence-electron chi connectivity index (χ2n) is 4.44. The SMILES string of the molecule is CCO[Si](CC)(C[Si](CC)(OCC)OCC)OCC. The first-order valence-electron chi connectivity index (χ1n) is 7.63. The molecule has 0 saturated carbocycles. The summed E-state index contributed by atoms with van der Waals surface area (Å²) in [5.41, 5.74) is 0.871. The zero-order valence-electron chi connectivity index (χ0n) is 13.6. The maximum Gasteiger partial charge on any atom is 0.339 e. The van der Waals surface area contributed by atoms with Crippen LogP contribution < -0.4 is 0 Å². The van der Waals surface area contributed by atoms with Crippen molar-refractivity contribution >= 4 is 17.1 Å². The van der Waals surface area contributed by atoms with Crippen molar-refractivity contribution in [2.45, 2.75) is 59.3 Å². The van der Waals surface area contributed by atoms with Crippen LogP contribution in [0.15, 0.2) is 0 Å². The van der Waals surface area contributed by atoms with E-state index in [0.717, 1.165) is 17.8 Å². The first-order chi connectivity index (χ1) is 9.07. The fourth-order valence-electron chi connectivity index (χ4n) is 2.41. The van der Waals surface area contributed by atoms with Crippen LogP contribution >= 0.6 is 0 Å². The number of rotatable bonds is 12. The molecule has 0 saturated heterocycles. The Morgan fingerprint density at radius 1 is 0.526 bits per heavy atom. The molecule has 0 atom stereocenters. The Bertz CT molecular complexity index is 193. The Morgan fingerprint density at radius 2 is 0.789 bits per heavy atom. The van der Waals surface area contributed by atoms with E-state index >= 15 is 0 Å². The molecule has 19 heavy (non-hydrogen) atoms. The molecular weight excluding hydrogens is 276 g/mol. The molecular formula is C13H32O4Si2. The average Bonchev–Trinajstić information content (AvgIpc) is 2.39. The van der Waals surface area contributed by atoms with Gasteiger partial charge in [0, 0.05) is 32.1 Å². The Hall–Kier alpha value is 0.274. The molecule has 0 radical (unpaired) electrons. The minimum atomic E-state index is -2.19. The third kappa shape index (κ3) is 6.05. The fourth-order valence-corrected chi connectivity index (χ4v) is 12.4. The molecule has 0 aromatic heterocycles. The van der Waals surface area contributed by atoms with Crippen molar-refractivity contribution in [3.05, 3.63) is 0 Å². The Balaban J connectivity index is 5.08. The summed E-state index contributed by atoms with van der Waals surface area (Å²) >= 11 is 0. The van der Waals surface area contributed by atoms with Crippen molar-refractivity contribution in [3.63, 3.8) is 0 Å². The third-order valence-electron chi connectivity index (χ3n) is 3.25. The maximum absolute atomic E-state index is 6.06. The summed E-state index contributed by atoms with van der Waals surface area (Å²) in [4.78, 5) is 0. The summed E-state index contributed by atoms with van der Waals surface area (Å²) in [6, 6.07) is 1.90. The monoisotopic (exact) mass is 308 g/mol. The van der Waals surface area contributed by atoms with Gasteiger partial charge in [-0.25, -0.2) is 0 Å². The minimum absolute atomic E-state index is 0.701. The van der Waals surface area contributed by atoms with Crippen LogP contribution in [-0.2, 0) is 17.7 Å². The lowest BCUT2D eigenvalue weighted by Gasteiger charge is -2.37. The van der Waals surface area contributed by atoms with Crippen LogP contribution in [0.3, 0.4) is 0 Å². The van der Waals surface area contributed by atoms with Gasteiger partial charge in [-0.05, 0) is 39.8 Å². The van der Waals surface area contributed by atoms with Gasteiger partial charge in [-0.2, -0.15) is 0 Å². The summed E-state index contributed by atoms with van der Waals surface area (Å²) in [6.45, 7) is 15.3. The van der Waals surface area contributed by atoms with Crippen LogP contribution in [0.2, 0.25) is 17.8 Å². The maximum atomic E-state index is 6.06. The standard InChI is InChI=1S/C13H32O4Si2/c1-7-14-18(11-5,15-8-2)13-19(12-6,16-9-3)17-10-4/h7-13H2,1-6H3. The van der Waals surface area contributed by atoms with Crippen LogP contribution in [0.5, 0.6) is 0 Å². The zero-order valence-corrected chi connectivity index (χ0v) is 15.6. The summed E-state index contributed by atoms with van der Waals surface area (Å²) < 4.78 is 24.2. The van der Waals surface area contributed by atoms with Crippen molar-refractivity contribution < 1.29 is 17.7 Å². The van der Waals surface area contributed by atoms with Gasteiger partial charge in [-0.1, -0.05) is 13.8 Å². The molecule has 0 aliphatic carbocycles. The topological polar surface area (TPSA) is 36.9 Å². The predicted molar refractivity (Wildman–Crippen MR) is 83.8 cm³/mol. The first-order valence-corrected chi connectivity index (χ1v) is 12.1. The number of hydrogen-bond donors (Lipinski definition) is 0. The molecule has 0 aromatic carbocycles. The van der Waals surface area contributed by atoms with E-state index in [1.54, 1.807) is 0 Å². The molecule has 4 nitrogen and oxygen atoms in total. The summed E-state index contributed by atoms with van der Waals surface area (Å²) in [5.74, 6) is 0. The predicted octanol–water partition coefficient (Wildman–Crippen LogP) is 3.60. The van der Waals surface area contributed by atoms with Gasteiger partial charge in [-0.15, -0.1) is 0 Å². The normalized spacial score (nSPS) is 12.9. The Morgan fingerprint density at radius 3 is 0.947 bits per heavy atom. The summed E-state index contributed by atoms with van der Waals surface area (Å²) in [7, 11) is -4.38. The van der Waals surface area contributed by atoms with Crippen molar-refractivity contribution in [2.75, 3.05) is 26.4 Å². The highest BCUT2D eigenvalue weighted by Gasteiger charge is 2.48. The van der Waals surface area contributed by atoms with E-state index in [-0.39, 0.29) is 0 Å². The highest BCUT2D eigenvalue weighted by molar-refractivity contribution is 6.86. The zero-order chi connectivity index (χ0) is 14.8. The molecule has 0 unspecified atom stereocenters. The van der Waals surface area contributed by atoms with Crippen molar-refractivity contribution in [1.29, 1.82) is 0 Å². The lowest BCUT2D eigenvalue weighted by atomic mass is 10.9. The van der Waals surface area contributed by atoms with E-state index in [1.807, 2.05) is 27.7 Å². The Kier molecular flexibility index (Phi) is 10.2. The Labute approximate surface area is 121 Å². The molecule has 0 fully saturated rings. The largest absolute Gasteiger partial charge is 0.395 e. The van der Waals surface area contributed by atoms with Crippen LogP contribution in [0.1, 0.15) is 41.5 Å². The van der Waals surface area contributed by atoms with Crippen LogP contribution in [-0.4, -0.2) is 43.5 Å². The van der Waals surface area contributed by atoms with E-state index in [1.165, 1.54) is 0 Å². The van der Waals surface area contributed by atoms with Crippen LogP contribution in [0, 0.1) is 0 Å². The summed E-state index contributed by atoms with van der Waals surface area (Å²) in [5, 5.41) is 0. The smallest absolute Gasteiger partial charge is 0.339 e. The molecule has 0 N–H and O–H groups in total. The number of hydrogen-bond acceptors (Lipinski definition) is 4. The van der Waals surface area contributed by atoms with E-state index in [4.69, 9.17) is 17.7 Å². The second-order valence-corrected chi connectivity index (χ2v) is 12.1. The van der Waals surface area contributed by atoms with Gasteiger partial charge in [0.1, 0.15) is 0 Å². The third-order valence-corrected chi connectivity index (χ3v) is 13.0.